The van der Waals surface area contributed by atoms with Crippen LogP contribution < -0.4 is 5.76 Å². The number of halogens is 2. The second-order valence-corrected chi connectivity index (χ2v) is 5.94. The third-order valence-corrected chi connectivity index (χ3v) is 4.05. The highest BCUT2D eigenvalue weighted by molar-refractivity contribution is 6.35. The second-order valence-electron chi connectivity index (χ2n) is 5.10. The van der Waals surface area contributed by atoms with Crippen molar-refractivity contribution in [3.63, 3.8) is 0 Å². The van der Waals surface area contributed by atoms with E-state index in [0.717, 1.165) is 0 Å². The zero-order valence-electron chi connectivity index (χ0n) is 12.5. The number of benzene rings is 2. The van der Waals surface area contributed by atoms with E-state index in [0.29, 0.717) is 29.1 Å². The van der Waals surface area contributed by atoms with Gasteiger partial charge in [-0.2, -0.15) is 0 Å². The molecule has 5 nitrogen and oxygen atoms in total. The Hall–Kier alpha value is -2.24. The Morgan fingerprint density at radius 1 is 1.17 bits per heavy atom. The predicted molar refractivity (Wildman–Crippen MR) is 91.8 cm³/mol. The van der Waals surface area contributed by atoms with Crippen molar-refractivity contribution in [1.82, 2.24) is 4.57 Å². The van der Waals surface area contributed by atoms with Gasteiger partial charge in [-0.15, -0.1) is 0 Å². The van der Waals surface area contributed by atoms with E-state index in [4.69, 9.17) is 32.4 Å². The van der Waals surface area contributed by atoms with Crippen LogP contribution in [0.1, 0.15) is 16.8 Å². The quantitative estimate of drug-likeness (QED) is 0.503. The lowest BCUT2D eigenvalue weighted by Crippen LogP contribution is -2.16. The van der Waals surface area contributed by atoms with Crippen LogP contribution in [0.4, 0.5) is 0 Å². The van der Waals surface area contributed by atoms with Crippen molar-refractivity contribution in [2.75, 3.05) is 6.61 Å². The Balaban J connectivity index is 1.61. The van der Waals surface area contributed by atoms with Gasteiger partial charge in [0.25, 0.3) is 0 Å². The van der Waals surface area contributed by atoms with Gasteiger partial charge in [-0.1, -0.05) is 35.3 Å². The molecule has 0 unspecified atom stereocenters. The summed E-state index contributed by atoms with van der Waals surface area (Å²) in [6.07, 6.45) is 0.466. The van der Waals surface area contributed by atoms with E-state index in [9.17, 15) is 9.59 Å². The summed E-state index contributed by atoms with van der Waals surface area (Å²) in [6, 6.07) is 11.8. The summed E-state index contributed by atoms with van der Waals surface area (Å²) in [6.45, 7) is 0.528. The van der Waals surface area contributed by atoms with Gasteiger partial charge in [0.05, 0.1) is 22.7 Å². The van der Waals surface area contributed by atoms with Crippen LogP contribution in [-0.2, 0) is 11.3 Å². The molecular weight excluding hydrogens is 353 g/mol. The number of esters is 1. The maximum Gasteiger partial charge on any atom is 0.419 e. The van der Waals surface area contributed by atoms with E-state index in [1.165, 1.54) is 16.7 Å². The number of carbonyl (C=O) groups excluding carboxylic acids is 1. The third-order valence-electron chi connectivity index (χ3n) is 3.48. The summed E-state index contributed by atoms with van der Waals surface area (Å²) in [5.41, 5.74) is 1.46. The van der Waals surface area contributed by atoms with Crippen molar-refractivity contribution in [3.8, 4) is 0 Å². The van der Waals surface area contributed by atoms with E-state index in [1.54, 1.807) is 24.3 Å². The van der Waals surface area contributed by atoms with Crippen molar-refractivity contribution < 1.29 is 13.9 Å². The second kappa shape index (κ2) is 7.11. The lowest BCUT2D eigenvalue weighted by molar-refractivity contribution is 0.0496. The fraction of sp³-hybridized carbons (Fsp3) is 0.176. The van der Waals surface area contributed by atoms with E-state index < -0.39 is 11.7 Å². The Morgan fingerprint density at radius 2 is 1.96 bits per heavy atom. The van der Waals surface area contributed by atoms with Gasteiger partial charge in [-0.3, -0.25) is 4.57 Å². The van der Waals surface area contributed by atoms with Crippen LogP contribution in [0.25, 0.3) is 11.1 Å². The summed E-state index contributed by atoms with van der Waals surface area (Å²) in [7, 11) is 0. The van der Waals surface area contributed by atoms with Gasteiger partial charge in [-0.25, -0.2) is 9.59 Å². The maximum absolute atomic E-state index is 12.0. The first-order valence-electron chi connectivity index (χ1n) is 7.27. The van der Waals surface area contributed by atoms with Crippen LogP contribution >= 0.6 is 23.2 Å². The molecule has 1 heterocycles. The van der Waals surface area contributed by atoms with E-state index in [1.807, 2.05) is 6.07 Å². The van der Waals surface area contributed by atoms with Gasteiger partial charge in [-0.05, 0) is 36.8 Å². The molecule has 1 aromatic heterocycles. The highest BCUT2D eigenvalue weighted by Crippen LogP contribution is 2.21. The van der Waals surface area contributed by atoms with E-state index in [2.05, 4.69) is 0 Å². The summed E-state index contributed by atoms with van der Waals surface area (Å²) in [5.74, 6) is -0.979. The Bertz CT molecular complexity index is 945. The number of hydrogen-bond acceptors (Lipinski definition) is 4. The van der Waals surface area contributed by atoms with Crippen molar-refractivity contribution in [1.29, 1.82) is 0 Å². The molecule has 2 aromatic carbocycles. The number of rotatable bonds is 5. The first-order chi connectivity index (χ1) is 11.6. The molecule has 0 bridgehead atoms. The standard InChI is InChI=1S/C17H13Cl2NO4/c18-11-6-7-13(19)12(10-11)16(21)23-9-3-8-20-14-4-1-2-5-15(14)24-17(20)22/h1-2,4-7,10H,3,8-9H2. The summed E-state index contributed by atoms with van der Waals surface area (Å²) in [4.78, 5) is 23.8. The summed E-state index contributed by atoms with van der Waals surface area (Å²) < 4.78 is 11.8. The largest absolute Gasteiger partial charge is 0.462 e. The van der Waals surface area contributed by atoms with Crippen LogP contribution in [0.5, 0.6) is 0 Å². The minimum atomic E-state index is -0.549. The number of nitrogens with zero attached hydrogens (tertiary/aromatic N) is 1. The number of oxazole rings is 1. The van der Waals surface area contributed by atoms with Crippen LogP contribution in [0.15, 0.2) is 51.7 Å². The first kappa shape index (κ1) is 16.6. The maximum atomic E-state index is 12.0. The molecule has 0 N–H and O–H groups in total. The first-order valence-corrected chi connectivity index (χ1v) is 8.02. The molecule has 0 saturated heterocycles. The molecule has 3 rings (SSSR count). The molecule has 0 atom stereocenters. The Morgan fingerprint density at radius 3 is 2.79 bits per heavy atom. The molecule has 124 valence electrons. The molecule has 0 saturated carbocycles. The molecule has 0 radical (unpaired) electrons. The molecule has 3 aromatic rings. The molecule has 0 aliphatic rings. The molecule has 0 fully saturated rings. The van der Waals surface area contributed by atoms with Crippen LogP contribution in [0.2, 0.25) is 10.0 Å². The molecule has 0 spiro atoms. The van der Waals surface area contributed by atoms with Crippen molar-refractivity contribution in [2.45, 2.75) is 13.0 Å². The summed E-state index contributed by atoms with van der Waals surface area (Å²) in [5, 5.41) is 0.684. The van der Waals surface area contributed by atoms with Gasteiger partial charge < -0.3 is 9.15 Å². The van der Waals surface area contributed by atoms with E-state index in [-0.39, 0.29) is 17.2 Å². The van der Waals surface area contributed by atoms with E-state index >= 15 is 0 Å². The van der Waals surface area contributed by atoms with Crippen molar-refractivity contribution >= 4 is 40.3 Å². The Kier molecular flexibility index (Phi) is 4.92. The lowest BCUT2D eigenvalue weighted by atomic mass is 10.2. The number of para-hydroxylation sites is 2. The van der Waals surface area contributed by atoms with Crippen LogP contribution in [-0.4, -0.2) is 17.1 Å². The normalized spacial score (nSPS) is 10.9. The molecule has 7 heteroatoms. The molecule has 24 heavy (non-hydrogen) atoms. The number of hydrogen-bond donors (Lipinski definition) is 0. The highest BCUT2D eigenvalue weighted by atomic mass is 35.5. The zero-order valence-corrected chi connectivity index (χ0v) is 14.0. The number of aromatic nitrogens is 1. The smallest absolute Gasteiger partial charge is 0.419 e. The zero-order chi connectivity index (χ0) is 17.1. The molecule has 0 amide bonds. The monoisotopic (exact) mass is 365 g/mol. The minimum Gasteiger partial charge on any atom is -0.462 e. The van der Waals surface area contributed by atoms with Crippen LogP contribution in [0, 0.1) is 0 Å². The van der Waals surface area contributed by atoms with Gasteiger partial charge in [0.2, 0.25) is 0 Å². The summed E-state index contributed by atoms with van der Waals surface area (Å²) >= 11 is 11.8. The number of ether oxygens (including phenoxy) is 1. The van der Waals surface area contributed by atoms with Gasteiger partial charge in [0.15, 0.2) is 5.58 Å². The predicted octanol–water partition coefficient (Wildman–Crippen LogP) is 4.15. The topological polar surface area (TPSA) is 61.4 Å². The fourth-order valence-corrected chi connectivity index (χ4v) is 2.71. The number of carbonyl (C=O) groups is 1. The molecule has 0 aliphatic carbocycles. The molecule has 0 aliphatic heterocycles. The SMILES string of the molecule is O=C(OCCCn1c(=O)oc2ccccc21)c1cc(Cl)ccc1Cl. The van der Waals surface area contributed by atoms with Gasteiger partial charge >= 0.3 is 11.7 Å². The molecular formula is C17H13Cl2NO4. The van der Waals surface area contributed by atoms with Crippen molar-refractivity contribution in [3.05, 3.63) is 68.6 Å². The lowest BCUT2D eigenvalue weighted by Gasteiger charge is -2.07. The number of aryl methyl sites for hydroxylation is 1. The average Bonchev–Trinajstić information content (AvgIpc) is 2.89. The minimum absolute atomic E-state index is 0.146. The van der Waals surface area contributed by atoms with Crippen molar-refractivity contribution in [2.24, 2.45) is 0 Å². The fourth-order valence-electron chi connectivity index (χ4n) is 2.34. The third kappa shape index (κ3) is 3.47. The highest BCUT2D eigenvalue weighted by Gasteiger charge is 2.13. The van der Waals surface area contributed by atoms with Gasteiger partial charge in [0.1, 0.15) is 0 Å². The average molecular weight is 366 g/mol. The van der Waals surface area contributed by atoms with Crippen LogP contribution in [0.3, 0.4) is 0 Å². The van der Waals surface area contributed by atoms with Gasteiger partial charge in [0, 0.05) is 11.6 Å². The number of fused-ring (bicyclic) bond motifs is 1. The Labute approximate surface area is 147 Å².